The summed E-state index contributed by atoms with van der Waals surface area (Å²) in [6.45, 7) is 0. The summed E-state index contributed by atoms with van der Waals surface area (Å²) in [6, 6.07) is 9.81. The van der Waals surface area contributed by atoms with Gasteiger partial charge in [-0.2, -0.15) is 0 Å². The lowest BCUT2D eigenvalue weighted by atomic mass is 10.1. The summed E-state index contributed by atoms with van der Waals surface area (Å²) in [5, 5.41) is 12.5. The van der Waals surface area contributed by atoms with Crippen molar-refractivity contribution in [3.05, 3.63) is 51.5 Å². The molecule has 0 aliphatic carbocycles. The Labute approximate surface area is 123 Å². The summed E-state index contributed by atoms with van der Waals surface area (Å²) in [6.07, 6.45) is 0. The molecule has 0 fully saturated rings. The molecule has 0 saturated heterocycles. The van der Waals surface area contributed by atoms with E-state index in [0.29, 0.717) is 16.4 Å². The number of hydrogen-bond acceptors (Lipinski definition) is 3. The van der Waals surface area contributed by atoms with Crippen molar-refractivity contribution in [2.75, 3.05) is 11.1 Å². The maximum Gasteiger partial charge on any atom is 0.335 e. The molecule has 4 nitrogen and oxygen atoms in total. The predicted octanol–water partition coefficient (Wildman–Crippen LogP) is 4.13. The molecule has 19 heavy (non-hydrogen) atoms. The number of nitrogen functional groups attached to an aromatic ring is 1. The summed E-state index contributed by atoms with van der Waals surface area (Å²) in [7, 11) is 0. The molecule has 0 atom stereocenters. The zero-order valence-electron chi connectivity index (χ0n) is 9.65. The van der Waals surface area contributed by atoms with Gasteiger partial charge in [-0.3, -0.25) is 0 Å². The highest BCUT2D eigenvalue weighted by Gasteiger charge is 2.07. The molecule has 0 saturated carbocycles. The summed E-state index contributed by atoms with van der Waals surface area (Å²) >= 11 is 9.29. The Hall–Kier alpha value is -1.72. The number of anilines is 3. The van der Waals surface area contributed by atoms with Crippen molar-refractivity contribution < 1.29 is 9.90 Å². The van der Waals surface area contributed by atoms with Crippen LogP contribution in [0.2, 0.25) is 5.02 Å². The highest BCUT2D eigenvalue weighted by Crippen LogP contribution is 2.29. The van der Waals surface area contributed by atoms with E-state index in [1.165, 1.54) is 12.1 Å². The van der Waals surface area contributed by atoms with E-state index in [1.54, 1.807) is 18.2 Å². The Balaban J connectivity index is 2.34. The minimum atomic E-state index is -1.00. The fourth-order valence-corrected chi connectivity index (χ4v) is 1.95. The third-order valence-corrected chi connectivity index (χ3v) is 3.73. The molecule has 6 heteroatoms. The van der Waals surface area contributed by atoms with Crippen LogP contribution < -0.4 is 11.1 Å². The van der Waals surface area contributed by atoms with Crippen molar-refractivity contribution in [2.24, 2.45) is 0 Å². The minimum absolute atomic E-state index is 0.167. The molecular formula is C13H10BrClN2O2. The van der Waals surface area contributed by atoms with Crippen LogP contribution in [0.25, 0.3) is 0 Å². The lowest BCUT2D eigenvalue weighted by Crippen LogP contribution is -2.01. The van der Waals surface area contributed by atoms with Crippen LogP contribution >= 0.6 is 27.5 Å². The van der Waals surface area contributed by atoms with Crippen LogP contribution in [-0.2, 0) is 0 Å². The number of benzene rings is 2. The zero-order chi connectivity index (χ0) is 14.0. The first-order valence-electron chi connectivity index (χ1n) is 5.32. The number of hydrogen-bond donors (Lipinski definition) is 3. The van der Waals surface area contributed by atoms with Gasteiger partial charge in [0.25, 0.3) is 0 Å². The van der Waals surface area contributed by atoms with E-state index in [-0.39, 0.29) is 5.56 Å². The molecule has 0 heterocycles. The van der Waals surface area contributed by atoms with Gasteiger partial charge >= 0.3 is 5.97 Å². The fourth-order valence-electron chi connectivity index (χ4n) is 1.53. The summed E-state index contributed by atoms with van der Waals surface area (Å²) < 4.78 is 0.784. The van der Waals surface area contributed by atoms with Crippen molar-refractivity contribution in [3.63, 3.8) is 0 Å². The second-order valence-corrected chi connectivity index (χ2v) is 5.12. The van der Waals surface area contributed by atoms with Crippen LogP contribution in [0, 0.1) is 0 Å². The first kappa shape index (κ1) is 13.7. The average Bonchev–Trinajstić information content (AvgIpc) is 2.36. The highest BCUT2D eigenvalue weighted by molar-refractivity contribution is 9.10. The van der Waals surface area contributed by atoms with Gasteiger partial charge in [-0.1, -0.05) is 11.6 Å². The van der Waals surface area contributed by atoms with Crippen molar-refractivity contribution in [3.8, 4) is 0 Å². The van der Waals surface area contributed by atoms with Gasteiger partial charge in [0.15, 0.2) is 0 Å². The molecule has 0 aromatic heterocycles. The summed E-state index contributed by atoms with van der Waals surface area (Å²) in [5.74, 6) is -1.00. The molecule has 2 aromatic carbocycles. The molecule has 0 spiro atoms. The van der Waals surface area contributed by atoms with Gasteiger partial charge in [-0.25, -0.2) is 4.79 Å². The lowest BCUT2D eigenvalue weighted by Gasteiger charge is -2.11. The summed E-state index contributed by atoms with van der Waals surface area (Å²) in [5.41, 5.74) is 7.69. The fraction of sp³-hybridized carbons (Fsp3) is 0. The van der Waals surface area contributed by atoms with Gasteiger partial charge < -0.3 is 16.2 Å². The minimum Gasteiger partial charge on any atom is -0.478 e. The highest BCUT2D eigenvalue weighted by atomic mass is 79.9. The predicted molar refractivity (Wildman–Crippen MR) is 80.2 cm³/mol. The van der Waals surface area contributed by atoms with Crippen LogP contribution in [0.3, 0.4) is 0 Å². The first-order valence-corrected chi connectivity index (χ1v) is 6.49. The largest absolute Gasteiger partial charge is 0.478 e. The molecule has 4 N–H and O–H groups in total. The second-order valence-electron chi connectivity index (χ2n) is 3.86. The number of nitrogens with two attached hydrogens (primary N) is 1. The average molecular weight is 342 g/mol. The van der Waals surface area contributed by atoms with E-state index < -0.39 is 5.97 Å². The zero-order valence-corrected chi connectivity index (χ0v) is 12.0. The Morgan fingerprint density at radius 3 is 2.63 bits per heavy atom. The number of carboxylic acid groups (broad SMARTS) is 1. The van der Waals surface area contributed by atoms with E-state index in [9.17, 15) is 4.79 Å². The van der Waals surface area contributed by atoms with E-state index >= 15 is 0 Å². The van der Waals surface area contributed by atoms with Crippen molar-refractivity contribution in [1.29, 1.82) is 0 Å². The van der Waals surface area contributed by atoms with Crippen LogP contribution in [0.1, 0.15) is 10.4 Å². The van der Waals surface area contributed by atoms with Crippen LogP contribution in [0.15, 0.2) is 40.9 Å². The van der Waals surface area contributed by atoms with E-state index in [0.717, 1.165) is 10.2 Å². The monoisotopic (exact) mass is 340 g/mol. The standard InChI is InChI=1S/C13H10BrClN2O2/c14-9-3-2-8(6-10(9)15)17-12-5-7(13(18)19)1-4-11(12)16/h1-6,17H,16H2,(H,18,19). The number of carboxylic acids is 1. The first-order chi connectivity index (χ1) is 8.97. The van der Waals surface area contributed by atoms with Crippen LogP contribution in [-0.4, -0.2) is 11.1 Å². The van der Waals surface area contributed by atoms with Gasteiger partial charge in [0.05, 0.1) is 22.0 Å². The Bertz CT molecular complexity index is 647. The van der Waals surface area contributed by atoms with Crippen molar-refractivity contribution in [1.82, 2.24) is 0 Å². The van der Waals surface area contributed by atoms with Gasteiger partial charge in [-0.05, 0) is 52.3 Å². The summed E-state index contributed by atoms with van der Waals surface area (Å²) in [4.78, 5) is 10.9. The van der Waals surface area contributed by atoms with Crippen molar-refractivity contribution >= 4 is 50.6 Å². The van der Waals surface area contributed by atoms with Crippen molar-refractivity contribution in [2.45, 2.75) is 0 Å². The lowest BCUT2D eigenvalue weighted by molar-refractivity contribution is 0.0697. The third-order valence-electron chi connectivity index (χ3n) is 2.50. The number of carbonyl (C=O) groups is 1. The topological polar surface area (TPSA) is 75.4 Å². The molecule has 0 unspecified atom stereocenters. The van der Waals surface area contributed by atoms with Gasteiger partial charge in [0, 0.05) is 10.2 Å². The smallest absolute Gasteiger partial charge is 0.335 e. The molecule has 0 radical (unpaired) electrons. The second kappa shape index (κ2) is 5.50. The molecule has 2 aromatic rings. The quantitative estimate of drug-likeness (QED) is 0.734. The van der Waals surface area contributed by atoms with Gasteiger partial charge in [0.1, 0.15) is 0 Å². The number of rotatable bonds is 3. The molecular weight excluding hydrogens is 332 g/mol. The third kappa shape index (κ3) is 3.19. The van der Waals surface area contributed by atoms with E-state index in [4.69, 9.17) is 22.4 Å². The molecule has 2 rings (SSSR count). The Morgan fingerprint density at radius 1 is 1.26 bits per heavy atom. The van der Waals surface area contributed by atoms with E-state index in [2.05, 4.69) is 21.2 Å². The Kier molecular flexibility index (Phi) is 3.97. The normalized spacial score (nSPS) is 10.2. The van der Waals surface area contributed by atoms with Gasteiger partial charge in [0.2, 0.25) is 0 Å². The number of nitrogens with one attached hydrogen (secondary N) is 1. The molecule has 98 valence electrons. The van der Waals surface area contributed by atoms with Crippen LogP contribution in [0.4, 0.5) is 17.1 Å². The number of halogens is 2. The number of aromatic carboxylic acids is 1. The molecule has 0 amide bonds. The molecule has 0 bridgehead atoms. The maximum absolute atomic E-state index is 10.9. The van der Waals surface area contributed by atoms with Gasteiger partial charge in [-0.15, -0.1) is 0 Å². The molecule has 0 aliphatic heterocycles. The van der Waals surface area contributed by atoms with Crippen LogP contribution in [0.5, 0.6) is 0 Å². The Morgan fingerprint density at radius 2 is 2.00 bits per heavy atom. The maximum atomic E-state index is 10.9. The molecule has 0 aliphatic rings. The van der Waals surface area contributed by atoms with E-state index in [1.807, 2.05) is 6.07 Å². The SMILES string of the molecule is Nc1ccc(C(=O)O)cc1Nc1ccc(Br)c(Cl)c1.